The molecule has 3 aromatic rings. The number of nitrogens with zero attached hydrogens (tertiary/aromatic N) is 3. The maximum atomic E-state index is 12.3. The standard InChI is InChI=1S/C29H38N4O4S/c1-18(2)29(34)31-24-8-7-22-13-21(14-23(22)15-24)16-32-11-10-27(28(17-32)37-38(5,35)36)33-20(4)30-25-12-19(3)6-9-26(25)33/h6-9,12,15,18,21,27-28H,10-11,13-14,16-17H2,1-5H3,(H,31,34)/t21-,27-,28-/m1/s1. The molecule has 1 saturated heterocycles. The van der Waals surface area contributed by atoms with E-state index in [0.29, 0.717) is 12.5 Å². The summed E-state index contributed by atoms with van der Waals surface area (Å²) in [5, 5.41) is 3.00. The number of hydrogen-bond donors (Lipinski definition) is 1. The molecule has 1 fully saturated rings. The number of piperidine rings is 1. The van der Waals surface area contributed by atoms with E-state index in [2.05, 4.69) is 45.1 Å². The minimum atomic E-state index is -3.63. The van der Waals surface area contributed by atoms with Gasteiger partial charge in [-0.25, -0.2) is 4.98 Å². The fourth-order valence-corrected chi connectivity index (χ4v) is 6.70. The number of amides is 1. The highest BCUT2D eigenvalue weighted by molar-refractivity contribution is 7.86. The predicted molar refractivity (Wildman–Crippen MR) is 150 cm³/mol. The topological polar surface area (TPSA) is 93.5 Å². The molecule has 2 aliphatic rings. The highest BCUT2D eigenvalue weighted by atomic mass is 32.2. The van der Waals surface area contributed by atoms with Gasteiger partial charge in [-0.3, -0.25) is 8.98 Å². The molecule has 0 bridgehead atoms. The summed E-state index contributed by atoms with van der Waals surface area (Å²) < 4.78 is 32.4. The van der Waals surface area contributed by atoms with Gasteiger partial charge in [0, 0.05) is 31.2 Å². The number of likely N-dealkylation sites (tertiary alicyclic amines) is 1. The molecule has 38 heavy (non-hydrogen) atoms. The predicted octanol–water partition coefficient (Wildman–Crippen LogP) is 4.25. The number of imidazole rings is 1. The largest absolute Gasteiger partial charge is 0.326 e. The number of aromatic nitrogens is 2. The number of carbonyl (C=O) groups is 1. The van der Waals surface area contributed by atoms with Crippen molar-refractivity contribution in [2.75, 3.05) is 31.2 Å². The van der Waals surface area contributed by atoms with Crippen molar-refractivity contribution in [2.45, 2.75) is 59.1 Å². The van der Waals surface area contributed by atoms with Crippen molar-refractivity contribution in [2.24, 2.45) is 11.8 Å². The Morgan fingerprint density at radius 1 is 1.13 bits per heavy atom. The zero-order valence-corrected chi connectivity index (χ0v) is 23.7. The third kappa shape index (κ3) is 5.80. The lowest BCUT2D eigenvalue weighted by atomic mass is 9.98. The molecule has 1 amide bonds. The first-order valence-corrected chi connectivity index (χ1v) is 15.3. The normalized spacial score (nSPS) is 22.2. The molecule has 204 valence electrons. The summed E-state index contributed by atoms with van der Waals surface area (Å²) in [5.74, 6) is 1.28. The molecule has 1 aliphatic carbocycles. The Kier molecular flexibility index (Phi) is 7.37. The molecule has 2 heterocycles. The second-order valence-electron chi connectivity index (χ2n) is 11.4. The van der Waals surface area contributed by atoms with E-state index in [4.69, 9.17) is 9.17 Å². The van der Waals surface area contributed by atoms with Gasteiger partial charge in [0.05, 0.1) is 23.3 Å². The highest BCUT2D eigenvalue weighted by Gasteiger charge is 2.36. The average molecular weight is 539 g/mol. The number of nitrogens with one attached hydrogen (secondary N) is 1. The van der Waals surface area contributed by atoms with Crippen molar-refractivity contribution < 1.29 is 17.4 Å². The van der Waals surface area contributed by atoms with Crippen molar-refractivity contribution in [1.82, 2.24) is 14.5 Å². The minimum absolute atomic E-state index is 0.0235. The van der Waals surface area contributed by atoms with Crippen molar-refractivity contribution in [3.8, 4) is 0 Å². The Morgan fingerprint density at radius 3 is 2.63 bits per heavy atom. The zero-order valence-electron chi connectivity index (χ0n) is 22.9. The molecular formula is C29H38N4O4S. The highest BCUT2D eigenvalue weighted by Crippen LogP contribution is 2.34. The number of aryl methyl sites for hydroxylation is 2. The molecule has 1 aromatic heterocycles. The Bertz CT molecular complexity index is 1460. The van der Waals surface area contributed by atoms with Gasteiger partial charge in [-0.05, 0) is 80.0 Å². The monoisotopic (exact) mass is 538 g/mol. The fourth-order valence-electron chi connectivity index (χ4n) is 6.06. The summed E-state index contributed by atoms with van der Waals surface area (Å²) in [5.41, 5.74) is 6.55. The molecule has 5 rings (SSSR count). The van der Waals surface area contributed by atoms with Gasteiger partial charge in [-0.15, -0.1) is 0 Å². The second-order valence-corrected chi connectivity index (χ2v) is 13.0. The van der Waals surface area contributed by atoms with E-state index in [-0.39, 0.29) is 17.9 Å². The van der Waals surface area contributed by atoms with Crippen molar-refractivity contribution >= 4 is 32.7 Å². The summed E-state index contributed by atoms with van der Waals surface area (Å²) in [6.45, 7) is 10.1. The van der Waals surface area contributed by atoms with Gasteiger partial charge in [0.25, 0.3) is 10.1 Å². The van der Waals surface area contributed by atoms with Crippen LogP contribution in [0.5, 0.6) is 0 Å². The molecule has 2 aromatic carbocycles. The number of anilines is 1. The minimum Gasteiger partial charge on any atom is -0.326 e. The summed E-state index contributed by atoms with van der Waals surface area (Å²) in [4.78, 5) is 19.2. The fraction of sp³-hybridized carbons (Fsp3) is 0.517. The van der Waals surface area contributed by atoms with E-state index in [1.54, 1.807) is 0 Å². The van der Waals surface area contributed by atoms with E-state index in [1.807, 2.05) is 33.8 Å². The first-order valence-electron chi connectivity index (χ1n) is 13.5. The van der Waals surface area contributed by atoms with Gasteiger partial charge < -0.3 is 14.8 Å². The zero-order chi connectivity index (χ0) is 27.2. The SMILES string of the molecule is Cc1ccc2c(c1)nc(C)n2[C@@H]1CCN(C[C@@H]2Cc3ccc(NC(=O)C(C)C)cc3C2)C[C@H]1OS(C)(=O)=O. The van der Waals surface area contributed by atoms with Gasteiger partial charge in [-0.2, -0.15) is 8.42 Å². The maximum Gasteiger partial charge on any atom is 0.264 e. The van der Waals surface area contributed by atoms with E-state index >= 15 is 0 Å². The number of fused-ring (bicyclic) bond motifs is 2. The summed E-state index contributed by atoms with van der Waals surface area (Å²) in [6, 6.07) is 12.3. The maximum absolute atomic E-state index is 12.3. The first kappa shape index (κ1) is 26.8. The molecule has 0 spiro atoms. The molecule has 8 nitrogen and oxygen atoms in total. The molecule has 1 N–H and O–H groups in total. The lowest BCUT2D eigenvalue weighted by Crippen LogP contribution is -2.48. The molecule has 0 unspecified atom stereocenters. The second kappa shape index (κ2) is 10.4. The number of carbonyl (C=O) groups excluding carboxylic acids is 1. The third-order valence-corrected chi connectivity index (χ3v) is 8.39. The van der Waals surface area contributed by atoms with Crippen LogP contribution < -0.4 is 5.32 Å². The Hall–Kier alpha value is -2.75. The Balaban J connectivity index is 1.30. The van der Waals surface area contributed by atoms with Gasteiger partial charge in [0.15, 0.2) is 0 Å². The van der Waals surface area contributed by atoms with Gasteiger partial charge in [0.1, 0.15) is 11.9 Å². The Labute approximate surface area is 225 Å². The third-order valence-electron chi connectivity index (χ3n) is 7.79. The van der Waals surface area contributed by atoms with Crippen LogP contribution in [0.1, 0.15) is 48.8 Å². The van der Waals surface area contributed by atoms with Gasteiger partial charge >= 0.3 is 0 Å². The van der Waals surface area contributed by atoms with Crippen LogP contribution in [-0.2, 0) is 31.9 Å². The van der Waals surface area contributed by atoms with Crippen molar-refractivity contribution in [3.05, 3.63) is 58.9 Å². The molecule has 0 radical (unpaired) electrons. The quantitative estimate of drug-likeness (QED) is 0.452. The molecule has 9 heteroatoms. The van der Waals surface area contributed by atoms with Gasteiger partial charge in [0.2, 0.25) is 5.91 Å². The van der Waals surface area contributed by atoms with Crippen LogP contribution in [0.3, 0.4) is 0 Å². The lowest BCUT2D eigenvalue weighted by Gasteiger charge is -2.39. The molecular weight excluding hydrogens is 500 g/mol. The lowest BCUT2D eigenvalue weighted by molar-refractivity contribution is -0.118. The van der Waals surface area contributed by atoms with Crippen LogP contribution in [0.25, 0.3) is 11.0 Å². The molecule has 3 atom stereocenters. The Morgan fingerprint density at radius 2 is 1.89 bits per heavy atom. The summed E-state index contributed by atoms with van der Waals surface area (Å²) >= 11 is 0. The summed E-state index contributed by atoms with van der Waals surface area (Å²) in [6.07, 6.45) is 3.36. The number of benzene rings is 2. The van der Waals surface area contributed by atoms with E-state index in [1.165, 1.54) is 11.1 Å². The van der Waals surface area contributed by atoms with Crippen LogP contribution in [0.4, 0.5) is 5.69 Å². The van der Waals surface area contributed by atoms with E-state index < -0.39 is 16.2 Å². The van der Waals surface area contributed by atoms with Crippen LogP contribution in [-0.4, -0.2) is 60.8 Å². The number of hydrogen-bond acceptors (Lipinski definition) is 6. The van der Waals surface area contributed by atoms with Crippen LogP contribution in [0.15, 0.2) is 36.4 Å². The van der Waals surface area contributed by atoms with E-state index in [9.17, 15) is 13.2 Å². The molecule has 1 aliphatic heterocycles. The van der Waals surface area contributed by atoms with Crippen LogP contribution >= 0.6 is 0 Å². The number of rotatable bonds is 7. The van der Waals surface area contributed by atoms with E-state index in [0.717, 1.165) is 66.7 Å². The first-order chi connectivity index (χ1) is 18.0. The molecule has 0 saturated carbocycles. The smallest absolute Gasteiger partial charge is 0.264 e. The van der Waals surface area contributed by atoms with Crippen LogP contribution in [0, 0.1) is 25.7 Å². The van der Waals surface area contributed by atoms with Crippen molar-refractivity contribution in [3.63, 3.8) is 0 Å². The van der Waals surface area contributed by atoms with Crippen LogP contribution in [0.2, 0.25) is 0 Å². The van der Waals surface area contributed by atoms with Gasteiger partial charge in [-0.1, -0.05) is 26.0 Å². The van der Waals surface area contributed by atoms with Crippen molar-refractivity contribution in [1.29, 1.82) is 0 Å². The average Bonchev–Trinajstić information content (AvgIpc) is 3.36. The summed E-state index contributed by atoms with van der Waals surface area (Å²) in [7, 11) is -3.63.